The highest BCUT2D eigenvalue weighted by Crippen LogP contribution is 2.27. The standard InChI is InChI=1S/C26H22N4O3/c1-17-13-24(30(29-17)22-11-6-9-20(16-22)27-2)26(32)28-21-10-4-7-18(14-21)25(31)19-8-5-12-23(15-19)33-3/h4-16,25,31H,1,3H3,(H,28,32). The molecule has 0 spiro atoms. The Morgan fingerprint density at radius 2 is 1.79 bits per heavy atom. The average molecular weight is 438 g/mol. The second-order valence-electron chi connectivity index (χ2n) is 7.47. The minimum Gasteiger partial charge on any atom is -0.497 e. The first-order valence-electron chi connectivity index (χ1n) is 10.3. The lowest BCUT2D eigenvalue weighted by atomic mass is 10.0. The average Bonchev–Trinajstić information content (AvgIpc) is 3.25. The van der Waals surface area contributed by atoms with E-state index < -0.39 is 6.10 Å². The Labute approximate surface area is 191 Å². The predicted octanol–water partition coefficient (Wildman–Crippen LogP) is 5.07. The van der Waals surface area contributed by atoms with Gasteiger partial charge in [-0.15, -0.1) is 0 Å². The molecular weight excluding hydrogens is 416 g/mol. The van der Waals surface area contributed by atoms with E-state index in [-0.39, 0.29) is 5.91 Å². The molecule has 7 heteroatoms. The molecule has 0 aliphatic carbocycles. The Bertz CT molecular complexity index is 1350. The number of anilines is 1. The Kier molecular flexibility index (Phi) is 6.20. The van der Waals surface area contributed by atoms with Crippen LogP contribution in [0.4, 0.5) is 11.4 Å². The molecule has 0 saturated carbocycles. The highest BCUT2D eigenvalue weighted by molar-refractivity contribution is 6.03. The highest BCUT2D eigenvalue weighted by Gasteiger charge is 2.17. The molecule has 0 fully saturated rings. The fourth-order valence-corrected chi connectivity index (χ4v) is 3.54. The van der Waals surface area contributed by atoms with Crippen LogP contribution in [0, 0.1) is 13.5 Å². The van der Waals surface area contributed by atoms with E-state index in [4.69, 9.17) is 11.3 Å². The van der Waals surface area contributed by atoms with Gasteiger partial charge in [-0.3, -0.25) is 4.79 Å². The Morgan fingerprint density at radius 3 is 2.55 bits per heavy atom. The first kappa shape index (κ1) is 21.8. The number of hydrogen-bond acceptors (Lipinski definition) is 4. The van der Waals surface area contributed by atoms with Crippen LogP contribution >= 0.6 is 0 Å². The molecule has 0 radical (unpaired) electrons. The normalized spacial score (nSPS) is 11.5. The molecular formula is C26H22N4O3. The summed E-state index contributed by atoms with van der Waals surface area (Å²) in [7, 11) is 1.58. The van der Waals surface area contributed by atoms with Crippen molar-refractivity contribution in [3.63, 3.8) is 0 Å². The Balaban J connectivity index is 1.59. The lowest BCUT2D eigenvalue weighted by molar-refractivity contribution is 0.101. The molecule has 4 rings (SSSR count). The van der Waals surface area contributed by atoms with Crippen molar-refractivity contribution >= 4 is 17.3 Å². The molecule has 1 heterocycles. The van der Waals surface area contributed by atoms with Crippen LogP contribution in [0.2, 0.25) is 0 Å². The van der Waals surface area contributed by atoms with Gasteiger partial charge in [0.25, 0.3) is 5.91 Å². The molecule has 0 saturated heterocycles. The molecule has 3 aromatic carbocycles. The minimum atomic E-state index is -0.874. The molecule has 164 valence electrons. The fraction of sp³-hybridized carbons (Fsp3) is 0.115. The first-order valence-corrected chi connectivity index (χ1v) is 10.3. The molecule has 0 bridgehead atoms. The molecule has 4 aromatic rings. The van der Waals surface area contributed by atoms with Crippen LogP contribution < -0.4 is 10.1 Å². The third-order valence-electron chi connectivity index (χ3n) is 5.14. The Morgan fingerprint density at radius 1 is 1.06 bits per heavy atom. The number of nitrogens with one attached hydrogen (secondary N) is 1. The Hall–Kier alpha value is -4.41. The summed E-state index contributed by atoms with van der Waals surface area (Å²) >= 11 is 0. The summed E-state index contributed by atoms with van der Waals surface area (Å²) in [5.74, 6) is 0.304. The number of benzene rings is 3. The lowest BCUT2D eigenvalue weighted by Gasteiger charge is -2.14. The van der Waals surface area contributed by atoms with Gasteiger partial charge in [0.15, 0.2) is 5.69 Å². The van der Waals surface area contributed by atoms with Gasteiger partial charge in [-0.1, -0.05) is 36.4 Å². The number of methoxy groups -OCH3 is 1. The van der Waals surface area contributed by atoms with Crippen molar-refractivity contribution in [1.82, 2.24) is 9.78 Å². The van der Waals surface area contributed by atoms with E-state index >= 15 is 0 Å². The van der Waals surface area contributed by atoms with Crippen molar-refractivity contribution in [3.8, 4) is 11.4 Å². The number of carbonyl (C=O) groups is 1. The minimum absolute atomic E-state index is 0.341. The number of aromatic nitrogens is 2. The molecule has 1 amide bonds. The summed E-state index contributed by atoms with van der Waals surface area (Å²) in [5.41, 5.74) is 3.97. The van der Waals surface area contributed by atoms with Crippen LogP contribution in [-0.4, -0.2) is 27.9 Å². The number of carbonyl (C=O) groups excluding carboxylic acids is 1. The fourth-order valence-electron chi connectivity index (χ4n) is 3.54. The van der Waals surface area contributed by atoms with Gasteiger partial charge in [0.05, 0.1) is 25.1 Å². The van der Waals surface area contributed by atoms with E-state index in [2.05, 4.69) is 15.3 Å². The lowest BCUT2D eigenvalue weighted by Crippen LogP contribution is -2.17. The quantitative estimate of drug-likeness (QED) is 0.412. The summed E-state index contributed by atoms with van der Waals surface area (Å²) in [6.07, 6.45) is -0.874. The molecule has 0 aliphatic heterocycles. The van der Waals surface area contributed by atoms with Gasteiger partial charge in [-0.05, 0) is 60.5 Å². The molecule has 1 unspecified atom stereocenters. The van der Waals surface area contributed by atoms with E-state index in [1.54, 1.807) is 74.7 Å². The van der Waals surface area contributed by atoms with Crippen molar-refractivity contribution in [2.45, 2.75) is 13.0 Å². The number of hydrogen-bond donors (Lipinski definition) is 2. The zero-order valence-corrected chi connectivity index (χ0v) is 18.2. The third kappa shape index (κ3) is 4.76. The number of ether oxygens (including phenoxy) is 1. The molecule has 0 aliphatic rings. The topological polar surface area (TPSA) is 80.7 Å². The van der Waals surface area contributed by atoms with Gasteiger partial charge in [0, 0.05) is 5.69 Å². The maximum absolute atomic E-state index is 13.1. The van der Waals surface area contributed by atoms with Crippen molar-refractivity contribution < 1.29 is 14.6 Å². The van der Waals surface area contributed by atoms with Gasteiger partial charge >= 0.3 is 0 Å². The number of aryl methyl sites for hydroxylation is 1. The summed E-state index contributed by atoms with van der Waals surface area (Å²) in [4.78, 5) is 16.5. The second kappa shape index (κ2) is 9.39. The van der Waals surface area contributed by atoms with E-state index in [0.29, 0.717) is 45.3 Å². The van der Waals surface area contributed by atoms with E-state index in [0.717, 1.165) is 0 Å². The molecule has 33 heavy (non-hydrogen) atoms. The molecule has 7 nitrogen and oxygen atoms in total. The van der Waals surface area contributed by atoms with Gasteiger partial charge in [-0.2, -0.15) is 5.10 Å². The van der Waals surface area contributed by atoms with Crippen LogP contribution in [0.5, 0.6) is 5.75 Å². The SMILES string of the molecule is [C-]#[N+]c1cccc(-n2nc(C)cc2C(=O)Nc2cccc(C(O)c3cccc(OC)c3)c2)c1. The molecule has 1 atom stereocenters. The van der Waals surface area contributed by atoms with Crippen LogP contribution in [0.25, 0.3) is 10.5 Å². The summed E-state index contributed by atoms with van der Waals surface area (Å²) in [6, 6.07) is 22.9. The maximum atomic E-state index is 13.1. The van der Waals surface area contributed by atoms with Crippen molar-refractivity contribution in [1.29, 1.82) is 0 Å². The molecule has 2 N–H and O–H groups in total. The highest BCUT2D eigenvalue weighted by atomic mass is 16.5. The summed E-state index contributed by atoms with van der Waals surface area (Å²) in [6.45, 7) is 9.03. The number of aliphatic hydroxyl groups is 1. The largest absolute Gasteiger partial charge is 0.497 e. The zero-order chi connectivity index (χ0) is 23.4. The van der Waals surface area contributed by atoms with Crippen molar-refractivity contribution in [2.75, 3.05) is 12.4 Å². The van der Waals surface area contributed by atoms with Gasteiger partial charge in [0.2, 0.25) is 0 Å². The third-order valence-corrected chi connectivity index (χ3v) is 5.14. The van der Waals surface area contributed by atoms with Crippen LogP contribution in [-0.2, 0) is 0 Å². The number of amides is 1. The van der Waals surface area contributed by atoms with Crippen LogP contribution in [0.1, 0.15) is 33.4 Å². The monoisotopic (exact) mass is 438 g/mol. The zero-order valence-electron chi connectivity index (χ0n) is 18.2. The molecule has 1 aromatic heterocycles. The number of rotatable bonds is 6. The first-order chi connectivity index (χ1) is 16.0. The van der Waals surface area contributed by atoms with E-state index in [9.17, 15) is 9.90 Å². The van der Waals surface area contributed by atoms with Gasteiger partial charge in [0.1, 0.15) is 17.5 Å². The smallest absolute Gasteiger partial charge is 0.274 e. The van der Waals surface area contributed by atoms with Crippen molar-refractivity contribution in [3.05, 3.63) is 113 Å². The van der Waals surface area contributed by atoms with E-state index in [1.807, 2.05) is 18.2 Å². The number of nitrogens with zero attached hydrogens (tertiary/aromatic N) is 3. The second-order valence-corrected chi connectivity index (χ2v) is 7.47. The predicted molar refractivity (Wildman–Crippen MR) is 126 cm³/mol. The van der Waals surface area contributed by atoms with Crippen LogP contribution in [0.3, 0.4) is 0 Å². The maximum Gasteiger partial charge on any atom is 0.274 e. The van der Waals surface area contributed by atoms with Gasteiger partial charge < -0.3 is 15.2 Å². The number of aliphatic hydroxyl groups excluding tert-OH is 1. The summed E-state index contributed by atoms with van der Waals surface area (Å²) in [5, 5.41) is 18.1. The van der Waals surface area contributed by atoms with Gasteiger partial charge in [-0.25, -0.2) is 9.53 Å². The van der Waals surface area contributed by atoms with E-state index in [1.165, 1.54) is 4.68 Å². The van der Waals surface area contributed by atoms with Crippen LogP contribution in [0.15, 0.2) is 78.9 Å². The van der Waals surface area contributed by atoms with Crippen molar-refractivity contribution in [2.24, 2.45) is 0 Å². The summed E-state index contributed by atoms with van der Waals surface area (Å²) < 4.78 is 6.76.